The normalized spacial score (nSPS) is 11.6. The van der Waals surface area contributed by atoms with Gasteiger partial charge in [-0.1, -0.05) is 69.8 Å². The van der Waals surface area contributed by atoms with E-state index in [1.807, 2.05) is 25.6 Å². The van der Waals surface area contributed by atoms with Gasteiger partial charge < -0.3 is 9.84 Å². The van der Waals surface area contributed by atoms with Crippen LogP contribution in [0.5, 0.6) is 11.5 Å². The van der Waals surface area contributed by atoms with Crippen molar-refractivity contribution in [2.24, 2.45) is 0 Å². The van der Waals surface area contributed by atoms with Crippen molar-refractivity contribution in [3.63, 3.8) is 0 Å². The van der Waals surface area contributed by atoms with Gasteiger partial charge in [0.05, 0.1) is 6.61 Å². The summed E-state index contributed by atoms with van der Waals surface area (Å²) >= 11 is 1.98. The number of hydrogen-bond donors (Lipinski definition) is 1. The zero-order chi connectivity index (χ0) is 21.3. The van der Waals surface area contributed by atoms with Crippen LogP contribution < -0.4 is 9.92 Å². The van der Waals surface area contributed by atoms with Crippen LogP contribution in [0.1, 0.15) is 57.6 Å². The molecular weight excluding hydrogens is 392 g/mol. The Morgan fingerprint density at radius 2 is 1.52 bits per heavy atom. The van der Waals surface area contributed by atoms with Crippen molar-refractivity contribution in [3.05, 3.63) is 47.5 Å². The minimum Gasteiger partial charge on any atom is -0.507 e. The number of phenolic OH excluding ortho intramolecular Hbond substituents is 1. The first-order valence-electron chi connectivity index (χ1n) is 11.1. The molecule has 0 fully saturated rings. The SMILES string of the molecule is CCCC[Si](CCCC)(CSc1cc(C)c(O)c(C)c1)c1ccccc1OCC. The molecule has 2 aromatic rings. The van der Waals surface area contributed by atoms with E-state index in [1.165, 1.54) is 53.2 Å². The zero-order valence-electron chi connectivity index (χ0n) is 18.9. The summed E-state index contributed by atoms with van der Waals surface area (Å²) in [4.78, 5) is 1.27. The van der Waals surface area contributed by atoms with Gasteiger partial charge in [-0.3, -0.25) is 0 Å². The summed E-state index contributed by atoms with van der Waals surface area (Å²) in [6.07, 6.45) is 5.04. The molecule has 0 aliphatic heterocycles. The standard InChI is InChI=1S/C25H38O2SSi/c1-6-9-15-29(16-10-7-2,24-14-12-11-13-23(24)27-8-3)19-28-22-17-20(4)25(26)21(5)18-22/h11-14,17-18,26H,6-10,15-16,19H2,1-5H3. The van der Waals surface area contributed by atoms with Crippen LogP contribution in [-0.2, 0) is 0 Å². The third-order valence-corrected chi connectivity index (χ3v) is 13.3. The quantitative estimate of drug-likeness (QED) is 0.290. The Hall–Kier alpha value is -1.39. The second-order valence-corrected chi connectivity index (χ2v) is 14.1. The Kier molecular flexibility index (Phi) is 9.64. The lowest BCUT2D eigenvalue weighted by molar-refractivity contribution is 0.342. The van der Waals surface area contributed by atoms with E-state index in [-0.39, 0.29) is 0 Å². The van der Waals surface area contributed by atoms with Crippen molar-refractivity contribution in [2.45, 2.75) is 77.3 Å². The van der Waals surface area contributed by atoms with E-state index in [4.69, 9.17) is 4.74 Å². The lowest BCUT2D eigenvalue weighted by Crippen LogP contribution is -2.51. The number of benzene rings is 2. The molecule has 0 spiro atoms. The Bertz CT molecular complexity index is 744. The van der Waals surface area contributed by atoms with Gasteiger partial charge in [0.2, 0.25) is 0 Å². The Morgan fingerprint density at radius 3 is 2.07 bits per heavy atom. The second-order valence-electron chi connectivity index (χ2n) is 8.11. The monoisotopic (exact) mass is 430 g/mol. The van der Waals surface area contributed by atoms with E-state index in [2.05, 4.69) is 57.2 Å². The molecular formula is C25H38O2SSi. The average molecular weight is 431 g/mol. The van der Waals surface area contributed by atoms with Crippen LogP contribution >= 0.6 is 11.8 Å². The molecule has 0 heterocycles. The van der Waals surface area contributed by atoms with Crippen LogP contribution in [-0.4, -0.2) is 25.2 Å². The Labute approximate surface area is 183 Å². The molecule has 0 aliphatic carbocycles. The summed E-state index contributed by atoms with van der Waals surface area (Å²) in [5.41, 5.74) is 1.94. The number of unbranched alkanes of at least 4 members (excludes halogenated alkanes) is 2. The van der Waals surface area contributed by atoms with Gasteiger partial charge in [0.25, 0.3) is 0 Å². The highest BCUT2D eigenvalue weighted by atomic mass is 32.2. The first-order chi connectivity index (χ1) is 14.0. The van der Waals surface area contributed by atoms with Gasteiger partial charge in [-0.15, -0.1) is 11.8 Å². The molecule has 4 heteroatoms. The highest BCUT2D eigenvalue weighted by Gasteiger charge is 2.36. The molecule has 2 aromatic carbocycles. The number of rotatable bonds is 12. The molecule has 0 saturated carbocycles. The smallest absolute Gasteiger partial charge is 0.121 e. The molecule has 0 aromatic heterocycles. The molecule has 29 heavy (non-hydrogen) atoms. The third kappa shape index (κ3) is 6.29. The number of thioether (sulfide) groups is 1. The minimum absolute atomic E-state index is 0.427. The number of aryl methyl sites for hydroxylation is 2. The summed E-state index contributed by atoms with van der Waals surface area (Å²) < 4.78 is 6.10. The number of hydrogen-bond acceptors (Lipinski definition) is 3. The van der Waals surface area contributed by atoms with Crippen molar-refractivity contribution in [2.75, 3.05) is 12.0 Å². The van der Waals surface area contributed by atoms with E-state index in [9.17, 15) is 5.11 Å². The number of phenols is 1. The van der Waals surface area contributed by atoms with Gasteiger partial charge in [-0.05, 0) is 60.7 Å². The maximum Gasteiger partial charge on any atom is 0.121 e. The van der Waals surface area contributed by atoms with Crippen molar-refractivity contribution in [1.82, 2.24) is 0 Å². The number of para-hydroxylation sites is 1. The third-order valence-electron chi connectivity index (χ3n) is 5.76. The van der Waals surface area contributed by atoms with Crippen LogP contribution in [0.2, 0.25) is 12.1 Å². The molecule has 0 aliphatic rings. The van der Waals surface area contributed by atoms with Gasteiger partial charge in [0.15, 0.2) is 0 Å². The summed E-state index contributed by atoms with van der Waals surface area (Å²) in [6, 6.07) is 15.7. The molecule has 2 rings (SSSR count). The van der Waals surface area contributed by atoms with Gasteiger partial charge in [0, 0.05) is 4.90 Å². The van der Waals surface area contributed by atoms with Gasteiger partial charge >= 0.3 is 0 Å². The molecule has 2 nitrogen and oxygen atoms in total. The summed E-state index contributed by atoms with van der Waals surface area (Å²) in [5.74, 6) is 1.53. The van der Waals surface area contributed by atoms with E-state index in [0.717, 1.165) is 16.9 Å². The van der Waals surface area contributed by atoms with E-state index >= 15 is 0 Å². The fourth-order valence-electron chi connectivity index (χ4n) is 4.05. The van der Waals surface area contributed by atoms with Crippen LogP contribution in [0.4, 0.5) is 0 Å². The van der Waals surface area contributed by atoms with Gasteiger partial charge in [-0.25, -0.2) is 0 Å². The summed E-state index contributed by atoms with van der Waals surface area (Å²) in [7, 11) is -1.75. The first-order valence-corrected chi connectivity index (χ1v) is 14.7. The lowest BCUT2D eigenvalue weighted by atomic mass is 10.1. The van der Waals surface area contributed by atoms with Crippen LogP contribution in [0, 0.1) is 13.8 Å². The number of ether oxygens (including phenoxy) is 1. The lowest BCUT2D eigenvalue weighted by Gasteiger charge is -2.34. The van der Waals surface area contributed by atoms with E-state index in [1.54, 1.807) is 0 Å². The van der Waals surface area contributed by atoms with Crippen molar-refractivity contribution in [1.29, 1.82) is 0 Å². The zero-order valence-corrected chi connectivity index (χ0v) is 20.7. The fraction of sp³-hybridized carbons (Fsp3) is 0.520. The predicted octanol–water partition coefficient (Wildman–Crippen LogP) is 7.00. The molecule has 1 N–H and O–H groups in total. The molecule has 160 valence electrons. The van der Waals surface area contributed by atoms with Crippen molar-refractivity contribution in [3.8, 4) is 11.5 Å². The van der Waals surface area contributed by atoms with Crippen molar-refractivity contribution >= 4 is 25.0 Å². The minimum atomic E-state index is -1.75. The van der Waals surface area contributed by atoms with Crippen LogP contribution in [0.3, 0.4) is 0 Å². The first kappa shape index (κ1) is 23.9. The Morgan fingerprint density at radius 1 is 0.931 bits per heavy atom. The Balaban J connectivity index is 2.42. The average Bonchev–Trinajstić information content (AvgIpc) is 2.72. The predicted molar refractivity (Wildman–Crippen MR) is 131 cm³/mol. The molecule has 0 radical (unpaired) electrons. The second kappa shape index (κ2) is 11.7. The molecule has 0 saturated heterocycles. The van der Waals surface area contributed by atoms with Crippen molar-refractivity contribution < 1.29 is 9.84 Å². The van der Waals surface area contributed by atoms with E-state index < -0.39 is 8.07 Å². The van der Waals surface area contributed by atoms with Crippen LogP contribution in [0.15, 0.2) is 41.3 Å². The molecule has 0 bridgehead atoms. The molecule has 0 unspecified atom stereocenters. The highest BCUT2D eigenvalue weighted by Crippen LogP contribution is 2.34. The molecule has 0 amide bonds. The largest absolute Gasteiger partial charge is 0.507 e. The number of aromatic hydroxyl groups is 1. The summed E-state index contributed by atoms with van der Waals surface area (Å²) in [6.45, 7) is 11.4. The van der Waals surface area contributed by atoms with E-state index in [0.29, 0.717) is 12.4 Å². The topological polar surface area (TPSA) is 29.5 Å². The fourth-order valence-corrected chi connectivity index (χ4v) is 12.1. The van der Waals surface area contributed by atoms with Gasteiger partial charge in [0.1, 0.15) is 19.6 Å². The van der Waals surface area contributed by atoms with Gasteiger partial charge in [-0.2, -0.15) is 0 Å². The highest BCUT2D eigenvalue weighted by molar-refractivity contribution is 8.01. The van der Waals surface area contributed by atoms with Crippen LogP contribution in [0.25, 0.3) is 0 Å². The maximum atomic E-state index is 10.1. The maximum absolute atomic E-state index is 10.1. The summed E-state index contributed by atoms with van der Waals surface area (Å²) in [5, 5.41) is 12.8. The molecule has 0 atom stereocenters.